The lowest BCUT2D eigenvalue weighted by Crippen LogP contribution is -2.39. The first-order valence-corrected chi connectivity index (χ1v) is 7.83. The van der Waals surface area contributed by atoms with E-state index in [4.69, 9.17) is 4.74 Å². The number of nitrogens with zero attached hydrogens (tertiary/aromatic N) is 1. The van der Waals surface area contributed by atoms with Gasteiger partial charge in [-0.15, -0.1) is 24.0 Å². The van der Waals surface area contributed by atoms with E-state index < -0.39 is 0 Å². The van der Waals surface area contributed by atoms with Crippen LogP contribution < -0.4 is 10.6 Å². The number of rotatable bonds is 7. The molecule has 5 heteroatoms. The molecule has 2 N–H and O–H groups in total. The highest BCUT2D eigenvalue weighted by Gasteiger charge is 1.99. The number of halogens is 1. The average molecular weight is 427 g/mol. The summed E-state index contributed by atoms with van der Waals surface area (Å²) >= 11 is 0. The molecule has 0 unspecified atom stereocenters. The summed E-state index contributed by atoms with van der Waals surface area (Å²) in [6, 6.07) is 15.1. The summed E-state index contributed by atoms with van der Waals surface area (Å²) in [5.41, 5.74) is 1.33. The van der Waals surface area contributed by atoms with Gasteiger partial charge < -0.3 is 15.4 Å². The van der Waals surface area contributed by atoms with Gasteiger partial charge in [-0.1, -0.05) is 42.5 Å². The Bertz CT molecular complexity index is 616. The summed E-state index contributed by atoms with van der Waals surface area (Å²) in [6.07, 6.45) is 0.969. The minimum atomic E-state index is 0. The van der Waals surface area contributed by atoms with Crippen molar-refractivity contribution in [3.05, 3.63) is 48.0 Å². The number of nitrogens with one attached hydrogen (secondary N) is 2. The van der Waals surface area contributed by atoms with Gasteiger partial charge in [-0.2, -0.15) is 0 Å². The van der Waals surface area contributed by atoms with Crippen molar-refractivity contribution in [3.8, 4) is 0 Å². The van der Waals surface area contributed by atoms with Gasteiger partial charge in [0.15, 0.2) is 5.96 Å². The molecule has 0 atom stereocenters. The summed E-state index contributed by atoms with van der Waals surface area (Å²) in [4.78, 5) is 4.21. The highest BCUT2D eigenvalue weighted by Crippen LogP contribution is 2.15. The fourth-order valence-corrected chi connectivity index (χ4v) is 2.33. The molecule has 0 amide bonds. The second-order valence-electron chi connectivity index (χ2n) is 5.05. The lowest BCUT2D eigenvalue weighted by molar-refractivity contribution is 0.152. The van der Waals surface area contributed by atoms with E-state index in [9.17, 15) is 0 Å². The van der Waals surface area contributed by atoms with Gasteiger partial charge >= 0.3 is 0 Å². The Balaban J connectivity index is 0.00000264. The molecule has 0 bridgehead atoms. The Morgan fingerprint density at radius 2 is 1.78 bits per heavy atom. The molecule has 0 aliphatic carbocycles. The van der Waals surface area contributed by atoms with E-state index in [2.05, 4.69) is 58.1 Å². The fourth-order valence-electron chi connectivity index (χ4n) is 2.33. The van der Waals surface area contributed by atoms with Gasteiger partial charge in [0, 0.05) is 26.7 Å². The number of guanidine groups is 1. The zero-order valence-corrected chi connectivity index (χ0v) is 16.2. The molecule has 0 saturated heterocycles. The maximum absolute atomic E-state index is 5.30. The van der Waals surface area contributed by atoms with Crippen LogP contribution in [0.4, 0.5) is 0 Å². The summed E-state index contributed by atoms with van der Waals surface area (Å²) in [5, 5.41) is 9.14. The molecule has 0 spiro atoms. The van der Waals surface area contributed by atoms with Crippen molar-refractivity contribution in [2.45, 2.75) is 13.3 Å². The standard InChI is InChI=1S/C18H25N3O.HI/c1-3-22-13-12-21-18(19-2)20-11-10-15-8-9-16-6-4-5-7-17(16)14-15;/h4-9,14H,3,10-13H2,1-2H3,(H2,19,20,21);1H. The Morgan fingerprint density at radius 3 is 2.52 bits per heavy atom. The molecule has 0 saturated carbocycles. The Morgan fingerprint density at radius 1 is 1.04 bits per heavy atom. The topological polar surface area (TPSA) is 45.6 Å². The molecular formula is C18H26IN3O. The molecule has 23 heavy (non-hydrogen) atoms. The van der Waals surface area contributed by atoms with E-state index in [1.807, 2.05) is 6.92 Å². The predicted octanol–water partition coefficient (Wildman–Crippen LogP) is 3.20. The van der Waals surface area contributed by atoms with Gasteiger partial charge in [0.05, 0.1) is 6.61 Å². The van der Waals surface area contributed by atoms with Gasteiger partial charge in [-0.05, 0) is 29.7 Å². The summed E-state index contributed by atoms with van der Waals surface area (Å²) in [7, 11) is 1.78. The summed E-state index contributed by atoms with van der Waals surface area (Å²) < 4.78 is 5.30. The molecule has 126 valence electrons. The molecular weight excluding hydrogens is 401 g/mol. The van der Waals surface area contributed by atoms with Crippen LogP contribution in [0.3, 0.4) is 0 Å². The van der Waals surface area contributed by atoms with E-state index in [0.29, 0.717) is 6.61 Å². The molecule has 2 aromatic rings. The van der Waals surface area contributed by atoms with Crippen molar-refractivity contribution in [2.75, 3.05) is 33.4 Å². The number of hydrogen-bond donors (Lipinski definition) is 2. The van der Waals surface area contributed by atoms with Crippen LogP contribution in [-0.2, 0) is 11.2 Å². The van der Waals surface area contributed by atoms with Crippen molar-refractivity contribution < 1.29 is 4.74 Å². The van der Waals surface area contributed by atoms with Crippen LogP contribution in [-0.4, -0.2) is 39.3 Å². The van der Waals surface area contributed by atoms with E-state index in [1.165, 1.54) is 16.3 Å². The van der Waals surface area contributed by atoms with Gasteiger partial charge in [-0.25, -0.2) is 0 Å². The summed E-state index contributed by atoms with van der Waals surface area (Å²) in [6.45, 7) is 5.06. The van der Waals surface area contributed by atoms with Crippen molar-refractivity contribution in [2.24, 2.45) is 4.99 Å². The van der Waals surface area contributed by atoms with Gasteiger partial charge in [0.25, 0.3) is 0 Å². The van der Waals surface area contributed by atoms with E-state index in [1.54, 1.807) is 7.05 Å². The molecule has 2 aromatic carbocycles. The van der Waals surface area contributed by atoms with Gasteiger partial charge in [-0.3, -0.25) is 4.99 Å². The molecule has 0 heterocycles. The highest BCUT2D eigenvalue weighted by atomic mass is 127. The first kappa shape index (κ1) is 19.7. The second-order valence-corrected chi connectivity index (χ2v) is 5.05. The van der Waals surface area contributed by atoms with Crippen LogP contribution in [0, 0.1) is 0 Å². The van der Waals surface area contributed by atoms with Gasteiger partial charge in [0.1, 0.15) is 0 Å². The van der Waals surface area contributed by atoms with E-state index in [0.717, 1.165) is 32.1 Å². The number of fused-ring (bicyclic) bond motifs is 1. The van der Waals surface area contributed by atoms with Crippen molar-refractivity contribution in [1.29, 1.82) is 0 Å². The third-order valence-corrected chi connectivity index (χ3v) is 3.49. The Labute approximate surface area is 155 Å². The number of benzene rings is 2. The minimum Gasteiger partial charge on any atom is -0.380 e. The first-order chi connectivity index (χ1) is 10.8. The monoisotopic (exact) mass is 427 g/mol. The second kappa shape index (κ2) is 11.2. The normalized spacial score (nSPS) is 11.1. The third kappa shape index (κ3) is 6.74. The van der Waals surface area contributed by atoms with E-state index >= 15 is 0 Å². The molecule has 0 aromatic heterocycles. The van der Waals surface area contributed by atoms with Crippen molar-refractivity contribution in [3.63, 3.8) is 0 Å². The maximum Gasteiger partial charge on any atom is 0.191 e. The fraction of sp³-hybridized carbons (Fsp3) is 0.389. The number of ether oxygens (including phenoxy) is 1. The lowest BCUT2D eigenvalue weighted by Gasteiger charge is -2.12. The third-order valence-electron chi connectivity index (χ3n) is 3.49. The average Bonchev–Trinajstić information content (AvgIpc) is 2.57. The van der Waals surface area contributed by atoms with Gasteiger partial charge in [0.2, 0.25) is 0 Å². The Hall–Kier alpha value is -1.34. The SMILES string of the molecule is CCOCCNC(=NC)NCCc1ccc2ccccc2c1.I. The van der Waals surface area contributed by atoms with Crippen LogP contribution >= 0.6 is 24.0 Å². The maximum atomic E-state index is 5.30. The molecule has 0 radical (unpaired) electrons. The largest absolute Gasteiger partial charge is 0.380 e. The van der Waals surface area contributed by atoms with Crippen LogP contribution in [0.15, 0.2) is 47.5 Å². The van der Waals surface area contributed by atoms with Crippen LogP contribution in [0.2, 0.25) is 0 Å². The molecule has 0 aliphatic heterocycles. The minimum absolute atomic E-state index is 0. The lowest BCUT2D eigenvalue weighted by atomic mass is 10.1. The molecule has 4 nitrogen and oxygen atoms in total. The molecule has 2 rings (SSSR count). The summed E-state index contributed by atoms with van der Waals surface area (Å²) in [5.74, 6) is 0.820. The smallest absolute Gasteiger partial charge is 0.191 e. The Kier molecular flexibility index (Phi) is 9.63. The highest BCUT2D eigenvalue weighted by molar-refractivity contribution is 14.0. The predicted molar refractivity (Wildman–Crippen MR) is 109 cm³/mol. The molecule has 0 aliphatic rings. The van der Waals surface area contributed by atoms with Crippen LogP contribution in [0.25, 0.3) is 10.8 Å². The van der Waals surface area contributed by atoms with Crippen molar-refractivity contribution >= 4 is 40.7 Å². The van der Waals surface area contributed by atoms with Crippen LogP contribution in [0.5, 0.6) is 0 Å². The molecule has 0 fully saturated rings. The zero-order chi connectivity index (χ0) is 15.6. The van der Waals surface area contributed by atoms with Crippen molar-refractivity contribution in [1.82, 2.24) is 10.6 Å². The number of aliphatic imine (C=N–C) groups is 1. The quantitative estimate of drug-likeness (QED) is 0.309. The zero-order valence-electron chi connectivity index (χ0n) is 13.8. The van der Waals surface area contributed by atoms with Crippen LogP contribution in [0.1, 0.15) is 12.5 Å². The first-order valence-electron chi connectivity index (χ1n) is 7.83. The van der Waals surface area contributed by atoms with E-state index in [-0.39, 0.29) is 24.0 Å². The number of hydrogen-bond acceptors (Lipinski definition) is 2.